The smallest absolute Gasteiger partial charge is 0.179 e. The van der Waals surface area contributed by atoms with Gasteiger partial charge in [-0.2, -0.15) is 0 Å². The van der Waals surface area contributed by atoms with Crippen molar-refractivity contribution in [1.29, 1.82) is 0 Å². The molecule has 0 radical (unpaired) electrons. The van der Waals surface area contributed by atoms with E-state index >= 15 is 0 Å². The van der Waals surface area contributed by atoms with Crippen molar-refractivity contribution in [1.82, 2.24) is 9.13 Å². The van der Waals surface area contributed by atoms with Gasteiger partial charge in [0.2, 0.25) is 0 Å². The van der Waals surface area contributed by atoms with Crippen molar-refractivity contribution in [2.24, 2.45) is 0 Å². The van der Waals surface area contributed by atoms with E-state index in [0.29, 0.717) is 0 Å². The van der Waals surface area contributed by atoms with Crippen LogP contribution >= 0.6 is 0 Å². The van der Waals surface area contributed by atoms with Crippen molar-refractivity contribution in [2.45, 2.75) is 0 Å². The highest BCUT2D eigenvalue weighted by atomic mass is 28.3. The number of fused-ring (bicyclic) bond motifs is 6. The fraction of sp³-hybridized carbons (Fsp3) is 0. The highest BCUT2D eigenvalue weighted by Crippen LogP contribution is 2.40. The fourth-order valence-corrected chi connectivity index (χ4v) is 15.1. The van der Waals surface area contributed by atoms with Crippen LogP contribution < -0.4 is 20.7 Å². The summed E-state index contributed by atoms with van der Waals surface area (Å²) in [5.74, 6) is 0. The summed E-state index contributed by atoms with van der Waals surface area (Å²) < 4.78 is 4.97. The molecule has 0 aliphatic rings. The molecule has 0 aliphatic carbocycles. The minimum absolute atomic E-state index is 1.12. The molecule has 2 heterocycles. The SMILES string of the molecule is c1ccc(-c2cccc(-n3c4ccccc4c4ccc(-n5c6ccc([Si](c7ccccc7)(c7ccccc7)c7ccccc7)cc6c6cccc(-c7ccccc7)c65)cc43)c2)cc1. The van der Waals surface area contributed by atoms with Crippen molar-refractivity contribution in [3.63, 3.8) is 0 Å². The summed E-state index contributed by atoms with van der Waals surface area (Å²) in [6.07, 6.45) is 0. The number of nitrogens with zero attached hydrogens (tertiary/aromatic N) is 2. The molecule has 0 bridgehead atoms. The molecule has 0 saturated carbocycles. The van der Waals surface area contributed by atoms with Crippen molar-refractivity contribution in [3.8, 4) is 33.6 Å². The van der Waals surface area contributed by atoms with Gasteiger partial charge in [-0.25, -0.2) is 0 Å². The quantitative estimate of drug-likeness (QED) is 0.107. The van der Waals surface area contributed by atoms with Gasteiger partial charge in [-0.15, -0.1) is 0 Å². The van der Waals surface area contributed by atoms with Crippen LogP contribution in [0.1, 0.15) is 0 Å². The van der Waals surface area contributed by atoms with Crippen LogP contribution in [0, 0.1) is 0 Å². The van der Waals surface area contributed by atoms with E-state index in [1.807, 2.05) is 0 Å². The van der Waals surface area contributed by atoms with E-state index in [9.17, 15) is 0 Å². The highest BCUT2D eigenvalue weighted by Gasteiger charge is 2.41. The molecular weight excluding hydrogens is 777 g/mol. The maximum absolute atomic E-state index is 2.79. The minimum atomic E-state index is -2.79. The van der Waals surface area contributed by atoms with Crippen molar-refractivity contribution in [3.05, 3.63) is 255 Å². The van der Waals surface area contributed by atoms with Crippen LogP contribution in [0.4, 0.5) is 0 Å². The number of para-hydroxylation sites is 2. The van der Waals surface area contributed by atoms with Crippen LogP contribution in [-0.2, 0) is 0 Å². The molecule has 0 amide bonds. The summed E-state index contributed by atoms with van der Waals surface area (Å²) in [6.45, 7) is 0. The Morgan fingerprint density at radius 3 is 1.43 bits per heavy atom. The predicted octanol–water partition coefficient (Wildman–Crippen LogP) is 12.6. The van der Waals surface area contributed by atoms with Crippen molar-refractivity contribution in [2.75, 3.05) is 0 Å². The van der Waals surface area contributed by atoms with Crippen LogP contribution in [0.2, 0.25) is 0 Å². The molecule has 12 rings (SSSR count). The molecule has 296 valence electrons. The highest BCUT2D eigenvalue weighted by molar-refractivity contribution is 7.20. The summed E-state index contributed by atoms with van der Waals surface area (Å²) in [6, 6.07) is 94.3. The van der Waals surface area contributed by atoms with Gasteiger partial charge in [-0.3, -0.25) is 0 Å². The third kappa shape index (κ3) is 5.93. The Morgan fingerprint density at radius 2 is 0.762 bits per heavy atom. The lowest BCUT2D eigenvalue weighted by molar-refractivity contribution is 1.16. The normalized spacial score (nSPS) is 11.8. The number of hydrogen-bond acceptors (Lipinski definition) is 0. The first-order valence-electron chi connectivity index (χ1n) is 21.8. The lowest BCUT2D eigenvalue weighted by Gasteiger charge is -2.34. The Labute approximate surface area is 368 Å². The summed E-state index contributed by atoms with van der Waals surface area (Å²) in [5.41, 5.74) is 11.8. The van der Waals surface area contributed by atoms with Gasteiger partial charge >= 0.3 is 0 Å². The third-order valence-electron chi connectivity index (χ3n) is 13.1. The Hall–Kier alpha value is -7.98. The fourth-order valence-electron chi connectivity index (χ4n) is 10.3. The van der Waals surface area contributed by atoms with Crippen LogP contribution in [0.3, 0.4) is 0 Å². The molecule has 0 unspecified atom stereocenters. The Kier molecular flexibility index (Phi) is 8.87. The molecule has 0 atom stereocenters. The van der Waals surface area contributed by atoms with Gasteiger partial charge in [-0.1, -0.05) is 218 Å². The van der Waals surface area contributed by atoms with Gasteiger partial charge in [0.25, 0.3) is 0 Å². The second-order valence-electron chi connectivity index (χ2n) is 16.5. The van der Waals surface area contributed by atoms with Gasteiger partial charge in [-0.05, 0) is 73.8 Å². The molecule has 0 spiro atoms. The lowest BCUT2D eigenvalue weighted by Crippen LogP contribution is -2.74. The van der Waals surface area contributed by atoms with Crippen molar-refractivity contribution >= 4 is 72.4 Å². The molecule has 0 aliphatic heterocycles. The van der Waals surface area contributed by atoms with E-state index in [0.717, 1.165) is 11.4 Å². The molecule has 12 aromatic rings. The van der Waals surface area contributed by atoms with Gasteiger partial charge in [0.1, 0.15) is 0 Å². The molecule has 10 aromatic carbocycles. The first-order valence-corrected chi connectivity index (χ1v) is 23.8. The summed E-state index contributed by atoms with van der Waals surface area (Å²) in [7, 11) is -2.79. The largest absolute Gasteiger partial charge is 0.309 e. The Balaban J connectivity index is 1.16. The maximum Gasteiger partial charge on any atom is 0.179 e. The van der Waals surface area contributed by atoms with Crippen LogP contribution in [0.5, 0.6) is 0 Å². The molecule has 2 nitrogen and oxygen atoms in total. The van der Waals surface area contributed by atoms with Gasteiger partial charge < -0.3 is 9.13 Å². The lowest BCUT2D eigenvalue weighted by atomic mass is 10.0. The van der Waals surface area contributed by atoms with E-state index in [1.165, 1.54) is 86.6 Å². The number of benzene rings is 10. The predicted molar refractivity (Wildman–Crippen MR) is 270 cm³/mol. The second-order valence-corrected chi connectivity index (χ2v) is 20.3. The van der Waals surface area contributed by atoms with Gasteiger partial charge in [0, 0.05) is 38.5 Å². The summed E-state index contributed by atoms with van der Waals surface area (Å²) >= 11 is 0. The molecule has 63 heavy (non-hydrogen) atoms. The zero-order valence-electron chi connectivity index (χ0n) is 34.6. The van der Waals surface area contributed by atoms with Gasteiger partial charge in [0.05, 0.1) is 22.1 Å². The first-order chi connectivity index (χ1) is 31.3. The zero-order chi connectivity index (χ0) is 41.7. The second kappa shape index (κ2) is 15.2. The summed E-state index contributed by atoms with van der Waals surface area (Å²) in [4.78, 5) is 0. The monoisotopic (exact) mass is 818 g/mol. The average Bonchev–Trinajstić information content (AvgIpc) is 3.88. The molecule has 0 saturated heterocycles. The zero-order valence-corrected chi connectivity index (χ0v) is 35.6. The van der Waals surface area contributed by atoms with Crippen LogP contribution in [0.15, 0.2) is 255 Å². The Morgan fingerprint density at radius 1 is 0.254 bits per heavy atom. The average molecular weight is 819 g/mol. The van der Waals surface area contributed by atoms with E-state index in [2.05, 4.69) is 264 Å². The molecule has 3 heteroatoms. The molecule has 2 aromatic heterocycles. The standard InChI is InChI=1S/C60H42N2Si/c1-6-20-43(21-7-1)45-24-18-25-46(40-45)61-57-35-17-16-32-53(57)54-38-36-47(41-59(54)61)62-58-39-37-51(42-56(58)55-34-19-33-52(60(55)62)44-22-8-2-9-23-44)63(48-26-10-3-11-27-48,49-28-12-4-13-29-49)50-30-14-5-15-31-50/h1-42H. The van der Waals surface area contributed by atoms with E-state index < -0.39 is 8.07 Å². The van der Waals surface area contributed by atoms with Gasteiger partial charge in [0.15, 0.2) is 8.07 Å². The first kappa shape index (κ1) is 36.8. The van der Waals surface area contributed by atoms with Crippen LogP contribution in [-0.4, -0.2) is 17.2 Å². The summed E-state index contributed by atoms with van der Waals surface area (Å²) in [5, 5.41) is 10.4. The van der Waals surface area contributed by atoms with E-state index in [-0.39, 0.29) is 0 Å². The van der Waals surface area contributed by atoms with E-state index in [1.54, 1.807) is 0 Å². The number of hydrogen-bond donors (Lipinski definition) is 0. The van der Waals surface area contributed by atoms with Crippen molar-refractivity contribution < 1.29 is 0 Å². The molecule has 0 N–H and O–H groups in total. The number of aromatic nitrogens is 2. The minimum Gasteiger partial charge on any atom is -0.309 e. The molecular formula is C60H42N2Si. The topological polar surface area (TPSA) is 9.86 Å². The van der Waals surface area contributed by atoms with E-state index in [4.69, 9.17) is 0 Å². The number of rotatable bonds is 8. The third-order valence-corrected chi connectivity index (χ3v) is 17.8. The maximum atomic E-state index is 2.53. The van der Waals surface area contributed by atoms with Crippen LogP contribution in [0.25, 0.3) is 77.2 Å². The Bertz CT molecular complexity index is 3500. The molecule has 0 fully saturated rings.